The van der Waals surface area contributed by atoms with Gasteiger partial charge in [0.1, 0.15) is 0 Å². The fourth-order valence-corrected chi connectivity index (χ4v) is 5.64. The maximum absolute atomic E-state index is 13.6. The van der Waals surface area contributed by atoms with Gasteiger partial charge in [-0.1, -0.05) is 53.7 Å². The summed E-state index contributed by atoms with van der Waals surface area (Å²) in [6.45, 7) is 0.566. The Morgan fingerprint density at radius 2 is 1.90 bits per heavy atom. The normalized spacial score (nSPS) is 13.2. The minimum atomic E-state index is -0.430. The van der Waals surface area contributed by atoms with E-state index >= 15 is 0 Å². The number of rotatable bonds is 9. The van der Waals surface area contributed by atoms with Crippen molar-refractivity contribution in [2.45, 2.75) is 43.0 Å². The molecule has 0 atom stereocenters. The average molecular weight is 541 g/mol. The van der Waals surface area contributed by atoms with Crippen molar-refractivity contribution in [3.05, 3.63) is 116 Å². The van der Waals surface area contributed by atoms with Crippen molar-refractivity contribution >= 4 is 34.3 Å². The van der Waals surface area contributed by atoms with Gasteiger partial charge in [0.25, 0.3) is 17.2 Å². The topological polar surface area (TPSA) is 107 Å². The lowest BCUT2D eigenvalue weighted by atomic mass is 9.97. The number of aromatic nitrogens is 2. The van der Waals surface area contributed by atoms with E-state index in [1.54, 1.807) is 34.9 Å². The number of nitro benzene ring substituents is 1. The molecule has 0 aliphatic heterocycles. The van der Waals surface area contributed by atoms with Crippen molar-refractivity contribution in [1.82, 2.24) is 14.9 Å². The predicted octanol–water partition coefficient (Wildman–Crippen LogP) is 6.21. The highest BCUT2D eigenvalue weighted by atomic mass is 32.2. The second-order valence-electron chi connectivity index (χ2n) is 9.43. The van der Waals surface area contributed by atoms with Gasteiger partial charge in [0.05, 0.1) is 21.5 Å². The molecule has 0 radical (unpaired) electrons. The zero-order valence-electron chi connectivity index (χ0n) is 21.3. The van der Waals surface area contributed by atoms with E-state index in [0.29, 0.717) is 39.6 Å². The maximum Gasteiger partial charge on any atom is 0.269 e. The molecule has 8 nitrogen and oxygen atoms in total. The van der Waals surface area contributed by atoms with Crippen LogP contribution in [0, 0.1) is 10.1 Å². The van der Waals surface area contributed by atoms with Crippen LogP contribution in [0.1, 0.15) is 48.0 Å². The summed E-state index contributed by atoms with van der Waals surface area (Å²) in [7, 11) is 0. The van der Waals surface area contributed by atoms with Gasteiger partial charge in [-0.15, -0.1) is 0 Å². The summed E-state index contributed by atoms with van der Waals surface area (Å²) in [6, 6.07) is 20.6. The van der Waals surface area contributed by atoms with Gasteiger partial charge in [0.15, 0.2) is 5.16 Å². The molecule has 1 N–H and O–H groups in total. The first kappa shape index (κ1) is 26.4. The first-order valence-electron chi connectivity index (χ1n) is 12.9. The maximum atomic E-state index is 13.6. The molecule has 198 valence electrons. The van der Waals surface area contributed by atoms with Gasteiger partial charge in [-0.3, -0.25) is 24.3 Å². The zero-order valence-corrected chi connectivity index (χ0v) is 22.2. The van der Waals surface area contributed by atoms with Crippen molar-refractivity contribution in [2.24, 2.45) is 0 Å². The van der Waals surface area contributed by atoms with Gasteiger partial charge < -0.3 is 5.32 Å². The number of fused-ring (bicyclic) bond motifs is 1. The molecular weight excluding hydrogens is 512 g/mol. The molecule has 0 saturated heterocycles. The summed E-state index contributed by atoms with van der Waals surface area (Å²) in [6.07, 6.45) is 7.77. The van der Waals surface area contributed by atoms with E-state index in [1.807, 2.05) is 30.3 Å². The highest BCUT2D eigenvalue weighted by Crippen LogP contribution is 2.26. The molecule has 1 heterocycles. The second-order valence-corrected chi connectivity index (χ2v) is 10.4. The van der Waals surface area contributed by atoms with Crippen LogP contribution in [0.25, 0.3) is 16.6 Å². The number of non-ortho nitro benzene ring substituents is 1. The number of nitrogens with one attached hydrogen (secondary N) is 1. The number of hydrogen-bond donors (Lipinski definition) is 1. The molecule has 1 aromatic heterocycles. The van der Waals surface area contributed by atoms with Crippen molar-refractivity contribution in [1.29, 1.82) is 0 Å². The number of carbonyl (C=O) groups excluding carboxylic acids is 1. The largest absolute Gasteiger partial charge is 0.352 e. The molecule has 9 heteroatoms. The van der Waals surface area contributed by atoms with Crippen LogP contribution in [0.3, 0.4) is 0 Å². The number of allylic oxidation sites excluding steroid dienone is 1. The van der Waals surface area contributed by atoms with Gasteiger partial charge in [0.2, 0.25) is 0 Å². The Labute approximate surface area is 229 Å². The number of carbonyl (C=O) groups is 1. The first-order valence-corrected chi connectivity index (χ1v) is 13.9. The highest BCUT2D eigenvalue weighted by molar-refractivity contribution is 7.98. The summed E-state index contributed by atoms with van der Waals surface area (Å²) in [4.78, 5) is 42.1. The number of nitrogens with zero attached hydrogens (tertiary/aromatic N) is 3. The Morgan fingerprint density at radius 3 is 2.67 bits per heavy atom. The lowest BCUT2D eigenvalue weighted by Crippen LogP contribution is -2.25. The molecule has 0 saturated carbocycles. The summed E-state index contributed by atoms with van der Waals surface area (Å²) >= 11 is 1.31. The smallest absolute Gasteiger partial charge is 0.269 e. The van der Waals surface area contributed by atoms with Crippen LogP contribution in [-0.4, -0.2) is 26.9 Å². The Morgan fingerprint density at radius 1 is 1.05 bits per heavy atom. The number of thioether (sulfide) groups is 1. The average Bonchev–Trinajstić information content (AvgIpc) is 2.97. The van der Waals surface area contributed by atoms with E-state index < -0.39 is 4.92 Å². The molecule has 3 aromatic carbocycles. The number of hydrogen-bond acceptors (Lipinski definition) is 6. The van der Waals surface area contributed by atoms with Gasteiger partial charge in [0, 0.05) is 30.0 Å². The van der Waals surface area contributed by atoms with E-state index in [4.69, 9.17) is 4.98 Å². The van der Waals surface area contributed by atoms with Gasteiger partial charge in [-0.25, -0.2) is 4.98 Å². The molecule has 1 aliphatic carbocycles. The molecule has 1 amide bonds. The van der Waals surface area contributed by atoms with Crippen LogP contribution < -0.4 is 10.9 Å². The molecule has 0 spiro atoms. The quantitative estimate of drug-likeness (QED) is 0.0890. The predicted molar refractivity (Wildman–Crippen MR) is 153 cm³/mol. The number of benzene rings is 3. The van der Waals surface area contributed by atoms with Gasteiger partial charge in [-0.2, -0.15) is 0 Å². The molecule has 0 unspecified atom stereocenters. The van der Waals surface area contributed by atoms with Crippen LogP contribution in [-0.2, 0) is 5.75 Å². The molecular formula is C30H28N4O4S. The Hall–Kier alpha value is -4.24. The summed E-state index contributed by atoms with van der Waals surface area (Å²) in [5.41, 5.74) is 3.44. The Balaban J connectivity index is 1.44. The molecule has 5 rings (SSSR count). The third kappa shape index (κ3) is 6.26. The van der Waals surface area contributed by atoms with E-state index in [2.05, 4.69) is 11.4 Å². The monoisotopic (exact) mass is 540 g/mol. The molecule has 0 fully saturated rings. The molecule has 1 aliphatic rings. The number of nitro groups is 1. The van der Waals surface area contributed by atoms with Gasteiger partial charge in [-0.05, 0) is 68.0 Å². The van der Waals surface area contributed by atoms with E-state index in [-0.39, 0.29) is 17.2 Å². The second kappa shape index (κ2) is 12.1. The SMILES string of the molecule is O=C(NCCC1=CCCCC1)c1ccc2c(=O)n(-c3ccccc3)c(SCc3cccc([N+](=O)[O-])c3)nc2c1. The molecule has 0 bridgehead atoms. The van der Waals surface area contributed by atoms with Crippen molar-refractivity contribution in [3.63, 3.8) is 0 Å². The summed E-state index contributed by atoms with van der Waals surface area (Å²) in [5, 5.41) is 15.0. The summed E-state index contributed by atoms with van der Waals surface area (Å²) in [5.74, 6) is 0.177. The summed E-state index contributed by atoms with van der Waals surface area (Å²) < 4.78 is 1.54. The van der Waals surface area contributed by atoms with Crippen LogP contribution in [0.5, 0.6) is 0 Å². The highest BCUT2D eigenvalue weighted by Gasteiger charge is 2.16. The minimum absolute atomic E-state index is 0.00968. The van der Waals surface area contributed by atoms with Crippen molar-refractivity contribution in [3.8, 4) is 5.69 Å². The molecule has 4 aromatic rings. The third-order valence-corrected chi connectivity index (χ3v) is 7.73. The van der Waals surface area contributed by atoms with Crippen molar-refractivity contribution < 1.29 is 9.72 Å². The Bertz CT molecular complexity index is 1610. The zero-order chi connectivity index (χ0) is 27.2. The van der Waals surface area contributed by atoms with Crippen LogP contribution in [0.4, 0.5) is 5.69 Å². The van der Waals surface area contributed by atoms with E-state index in [0.717, 1.165) is 24.8 Å². The first-order chi connectivity index (χ1) is 19.0. The molecule has 39 heavy (non-hydrogen) atoms. The van der Waals surface area contributed by atoms with Crippen LogP contribution >= 0.6 is 11.8 Å². The number of para-hydroxylation sites is 1. The lowest BCUT2D eigenvalue weighted by Gasteiger charge is -2.14. The third-order valence-electron chi connectivity index (χ3n) is 6.72. The number of amides is 1. The lowest BCUT2D eigenvalue weighted by molar-refractivity contribution is -0.384. The fraction of sp³-hybridized carbons (Fsp3) is 0.233. The van der Waals surface area contributed by atoms with Crippen molar-refractivity contribution in [2.75, 3.05) is 6.54 Å². The van der Waals surface area contributed by atoms with Crippen LogP contribution in [0.2, 0.25) is 0 Å². The van der Waals surface area contributed by atoms with E-state index in [9.17, 15) is 19.7 Å². The van der Waals surface area contributed by atoms with Crippen LogP contribution in [0.15, 0.2) is 94.4 Å². The van der Waals surface area contributed by atoms with E-state index in [1.165, 1.54) is 42.3 Å². The fourth-order valence-electron chi connectivity index (χ4n) is 4.69. The minimum Gasteiger partial charge on any atom is -0.352 e. The van der Waals surface area contributed by atoms with Gasteiger partial charge >= 0.3 is 0 Å². The Kier molecular flexibility index (Phi) is 8.17. The standard InChI is InChI=1S/C30H28N4O4S/c35-28(31-17-16-21-8-3-1-4-9-21)23-14-15-26-27(19-23)32-30(33(29(26)36)24-11-5-2-6-12-24)39-20-22-10-7-13-25(18-22)34(37)38/h2,5-8,10-15,18-19H,1,3-4,9,16-17,20H2,(H,31,35).